The number of nitro groups is 1. The summed E-state index contributed by atoms with van der Waals surface area (Å²) in [5.74, 6) is -0.987. The number of hydrogen-bond acceptors (Lipinski definition) is 5. The van der Waals surface area contributed by atoms with Crippen molar-refractivity contribution in [3.63, 3.8) is 0 Å². The first kappa shape index (κ1) is 13.9. The van der Waals surface area contributed by atoms with Gasteiger partial charge in [0.25, 0.3) is 5.69 Å². The molecule has 18 heavy (non-hydrogen) atoms. The molecule has 7 heteroatoms. The van der Waals surface area contributed by atoms with Crippen LogP contribution in [0.1, 0.15) is 30.6 Å². The van der Waals surface area contributed by atoms with Gasteiger partial charge in [0, 0.05) is 19.2 Å². The summed E-state index contributed by atoms with van der Waals surface area (Å²) in [4.78, 5) is 26.7. The molecule has 0 aromatic carbocycles. The molecule has 0 aliphatic heterocycles. The van der Waals surface area contributed by atoms with Crippen molar-refractivity contribution in [2.75, 3.05) is 11.9 Å². The molecule has 0 aliphatic carbocycles. The Kier molecular flexibility index (Phi) is 4.19. The maximum absolute atomic E-state index is 11.1. The van der Waals surface area contributed by atoms with Gasteiger partial charge in [-0.2, -0.15) is 0 Å². The molecule has 1 heterocycles. The summed E-state index contributed by atoms with van der Waals surface area (Å²) in [6.07, 6.45) is 1.88. The van der Waals surface area contributed by atoms with Gasteiger partial charge in [-0.15, -0.1) is 0 Å². The third-order valence-corrected chi connectivity index (χ3v) is 2.88. The van der Waals surface area contributed by atoms with Gasteiger partial charge in [0.05, 0.1) is 4.92 Å². The molecule has 1 rings (SSSR count). The molecule has 1 atom stereocenters. The van der Waals surface area contributed by atoms with Crippen LogP contribution in [-0.4, -0.2) is 34.1 Å². The fourth-order valence-corrected chi connectivity index (χ4v) is 1.47. The summed E-state index contributed by atoms with van der Waals surface area (Å²) in [7, 11) is 1.72. The summed E-state index contributed by atoms with van der Waals surface area (Å²) in [5, 5.41) is 19.7. The van der Waals surface area contributed by atoms with E-state index in [-0.39, 0.29) is 23.1 Å². The van der Waals surface area contributed by atoms with E-state index in [0.717, 1.165) is 18.7 Å². The third-order valence-electron chi connectivity index (χ3n) is 2.88. The number of carboxylic acids is 1. The molecular weight excluding hydrogens is 238 g/mol. The molecule has 0 fully saturated rings. The summed E-state index contributed by atoms with van der Waals surface area (Å²) in [6.45, 7) is 3.89. The second-order valence-corrected chi connectivity index (χ2v) is 4.00. The molecular formula is C11H15N3O4. The maximum Gasteiger partial charge on any atom is 0.339 e. The van der Waals surface area contributed by atoms with Gasteiger partial charge in [-0.25, -0.2) is 9.78 Å². The minimum absolute atomic E-state index is 0.0945. The van der Waals surface area contributed by atoms with Gasteiger partial charge < -0.3 is 10.0 Å². The number of hydrogen-bond donors (Lipinski definition) is 1. The smallest absolute Gasteiger partial charge is 0.339 e. The van der Waals surface area contributed by atoms with Gasteiger partial charge >= 0.3 is 5.97 Å². The van der Waals surface area contributed by atoms with Crippen LogP contribution in [0.4, 0.5) is 11.5 Å². The topological polar surface area (TPSA) is 96.6 Å². The normalized spacial score (nSPS) is 11.9. The molecule has 1 aromatic heterocycles. The quantitative estimate of drug-likeness (QED) is 0.636. The lowest BCUT2D eigenvalue weighted by molar-refractivity contribution is -0.385. The fraction of sp³-hybridized carbons (Fsp3) is 0.455. The lowest BCUT2D eigenvalue weighted by Gasteiger charge is -2.25. The Balaban J connectivity index is 3.27. The highest BCUT2D eigenvalue weighted by atomic mass is 16.6. The van der Waals surface area contributed by atoms with Gasteiger partial charge in [0.1, 0.15) is 17.6 Å². The average Bonchev–Trinajstić information content (AvgIpc) is 2.35. The van der Waals surface area contributed by atoms with Crippen LogP contribution >= 0.6 is 0 Å². The number of rotatable bonds is 5. The zero-order valence-electron chi connectivity index (χ0n) is 10.5. The zero-order valence-corrected chi connectivity index (χ0v) is 10.5. The van der Waals surface area contributed by atoms with Crippen molar-refractivity contribution in [2.45, 2.75) is 26.3 Å². The molecule has 0 amide bonds. The Hall–Kier alpha value is -2.18. The molecule has 98 valence electrons. The molecule has 1 N–H and O–H groups in total. The Morgan fingerprint density at radius 3 is 2.72 bits per heavy atom. The molecule has 0 saturated heterocycles. The van der Waals surface area contributed by atoms with Crippen LogP contribution in [0, 0.1) is 10.1 Å². The van der Waals surface area contributed by atoms with Crippen LogP contribution in [0.5, 0.6) is 0 Å². The van der Waals surface area contributed by atoms with Crippen LogP contribution < -0.4 is 4.90 Å². The monoisotopic (exact) mass is 253 g/mol. The number of pyridine rings is 1. The van der Waals surface area contributed by atoms with E-state index in [1.165, 1.54) is 0 Å². The number of aromatic nitrogens is 1. The second kappa shape index (κ2) is 5.44. The minimum atomic E-state index is -1.23. The Morgan fingerprint density at radius 1 is 1.67 bits per heavy atom. The number of carbonyl (C=O) groups is 1. The first-order chi connectivity index (χ1) is 8.38. The summed E-state index contributed by atoms with van der Waals surface area (Å²) < 4.78 is 0. The fourth-order valence-electron chi connectivity index (χ4n) is 1.47. The summed E-state index contributed by atoms with van der Waals surface area (Å²) >= 11 is 0. The van der Waals surface area contributed by atoms with Gasteiger partial charge in [-0.3, -0.25) is 10.1 Å². The standard InChI is InChI=1S/C11H15N3O4/c1-4-7(2)13(3)10-9(11(15)16)5-8(6-12-10)14(17)18/h5-7H,4H2,1-3H3,(H,15,16). The molecule has 0 bridgehead atoms. The van der Waals surface area contributed by atoms with E-state index in [1.807, 2.05) is 13.8 Å². The van der Waals surface area contributed by atoms with Crippen molar-refractivity contribution in [2.24, 2.45) is 0 Å². The number of carboxylic acid groups (broad SMARTS) is 1. The van der Waals surface area contributed by atoms with Crippen LogP contribution in [0.3, 0.4) is 0 Å². The van der Waals surface area contributed by atoms with Crippen LogP contribution in [0.15, 0.2) is 12.3 Å². The van der Waals surface area contributed by atoms with Crippen molar-refractivity contribution in [3.8, 4) is 0 Å². The molecule has 0 spiro atoms. The SMILES string of the molecule is CCC(C)N(C)c1ncc([N+](=O)[O-])cc1C(=O)O. The van der Waals surface area contributed by atoms with E-state index in [4.69, 9.17) is 5.11 Å². The first-order valence-electron chi connectivity index (χ1n) is 5.49. The lowest BCUT2D eigenvalue weighted by atomic mass is 10.2. The Labute approximate surface area is 104 Å². The Morgan fingerprint density at radius 2 is 2.28 bits per heavy atom. The third kappa shape index (κ3) is 2.73. The van der Waals surface area contributed by atoms with Crippen molar-refractivity contribution in [1.82, 2.24) is 4.98 Å². The van der Waals surface area contributed by atoms with Crippen molar-refractivity contribution < 1.29 is 14.8 Å². The van der Waals surface area contributed by atoms with Crippen LogP contribution in [0.25, 0.3) is 0 Å². The largest absolute Gasteiger partial charge is 0.478 e. The Bertz CT molecular complexity index is 475. The highest BCUT2D eigenvalue weighted by Gasteiger charge is 2.21. The summed E-state index contributed by atoms with van der Waals surface area (Å²) in [6, 6.07) is 1.13. The molecule has 7 nitrogen and oxygen atoms in total. The minimum Gasteiger partial charge on any atom is -0.478 e. The summed E-state index contributed by atoms with van der Waals surface area (Å²) in [5.41, 5.74) is -0.485. The van der Waals surface area contributed by atoms with E-state index in [2.05, 4.69) is 4.98 Å². The molecule has 1 unspecified atom stereocenters. The van der Waals surface area contributed by atoms with E-state index in [1.54, 1.807) is 11.9 Å². The predicted octanol–water partition coefficient (Wildman–Crippen LogP) is 1.92. The van der Waals surface area contributed by atoms with Crippen LogP contribution in [-0.2, 0) is 0 Å². The van der Waals surface area contributed by atoms with Gasteiger partial charge in [0.15, 0.2) is 0 Å². The van der Waals surface area contributed by atoms with Crippen molar-refractivity contribution >= 4 is 17.5 Å². The van der Waals surface area contributed by atoms with E-state index in [0.29, 0.717) is 0 Å². The molecule has 0 aliphatic rings. The van der Waals surface area contributed by atoms with E-state index in [9.17, 15) is 14.9 Å². The first-order valence-corrected chi connectivity index (χ1v) is 5.49. The van der Waals surface area contributed by atoms with Crippen molar-refractivity contribution in [3.05, 3.63) is 27.9 Å². The van der Waals surface area contributed by atoms with Crippen molar-refractivity contribution in [1.29, 1.82) is 0 Å². The predicted molar refractivity (Wildman–Crippen MR) is 66.0 cm³/mol. The second-order valence-electron chi connectivity index (χ2n) is 4.00. The molecule has 1 aromatic rings. The van der Waals surface area contributed by atoms with E-state index >= 15 is 0 Å². The van der Waals surface area contributed by atoms with Gasteiger partial charge in [-0.05, 0) is 13.3 Å². The zero-order chi connectivity index (χ0) is 13.9. The lowest BCUT2D eigenvalue weighted by Crippen LogP contribution is -2.30. The van der Waals surface area contributed by atoms with Crippen LogP contribution in [0.2, 0.25) is 0 Å². The van der Waals surface area contributed by atoms with Gasteiger partial charge in [0.2, 0.25) is 0 Å². The van der Waals surface area contributed by atoms with E-state index < -0.39 is 10.9 Å². The molecule has 0 saturated carbocycles. The van der Waals surface area contributed by atoms with Gasteiger partial charge in [-0.1, -0.05) is 6.92 Å². The highest BCUT2D eigenvalue weighted by molar-refractivity contribution is 5.94. The number of anilines is 1. The highest BCUT2D eigenvalue weighted by Crippen LogP contribution is 2.23. The number of nitrogens with zero attached hydrogens (tertiary/aromatic N) is 3. The number of aromatic carboxylic acids is 1. The average molecular weight is 253 g/mol. The maximum atomic E-state index is 11.1. The molecule has 0 radical (unpaired) electrons.